The normalized spacial score (nSPS) is 10.8. The van der Waals surface area contributed by atoms with E-state index in [1.54, 1.807) is 43.6 Å². The summed E-state index contributed by atoms with van der Waals surface area (Å²) >= 11 is 1.31. The van der Waals surface area contributed by atoms with Crippen molar-refractivity contribution >= 4 is 23.4 Å². The average Bonchev–Trinajstić information content (AvgIpc) is 3.43. The summed E-state index contributed by atoms with van der Waals surface area (Å²) in [4.78, 5) is 19.8. The number of benzene rings is 1. The molecule has 9 nitrogen and oxygen atoms in total. The molecule has 3 aromatic heterocycles. The van der Waals surface area contributed by atoms with Gasteiger partial charge in [-0.05, 0) is 36.4 Å². The second kappa shape index (κ2) is 8.65. The largest absolute Gasteiger partial charge is 0.411 e. The van der Waals surface area contributed by atoms with Crippen molar-refractivity contribution in [2.75, 3.05) is 5.32 Å². The number of amides is 1. The molecule has 0 unspecified atom stereocenters. The summed E-state index contributed by atoms with van der Waals surface area (Å²) in [6, 6.07) is 10.8. The predicted octanol–water partition coefficient (Wildman–Crippen LogP) is 3.82. The number of pyridine rings is 1. The second-order valence-corrected chi connectivity index (χ2v) is 6.82. The lowest BCUT2D eigenvalue weighted by Crippen LogP contribution is -2.09. The van der Waals surface area contributed by atoms with Crippen LogP contribution < -0.4 is 5.32 Å². The highest BCUT2D eigenvalue weighted by atomic mass is 32.2. The highest BCUT2D eigenvalue weighted by Gasteiger charge is 2.13. The quantitative estimate of drug-likeness (QED) is 0.455. The number of aromatic nitrogens is 5. The molecule has 0 aliphatic heterocycles. The van der Waals surface area contributed by atoms with Crippen LogP contribution in [0.5, 0.6) is 0 Å². The zero-order valence-electron chi connectivity index (χ0n) is 15.4. The summed E-state index contributed by atoms with van der Waals surface area (Å²) in [7, 11) is 0. The Morgan fingerprint density at radius 2 is 1.86 bits per heavy atom. The summed E-state index contributed by atoms with van der Waals surface area (Å²) in [6.45, 7) is 1.80. The van der Waals surface area contributed by atoms with E-state index < -0.39 is 0 Å². The Morgan fingerprint density at radius 1 is 1.07 bits per heavy atom. The number of nitrogens with one attached hydrogen (secondary N) is 1. The lowest BCUT2D eigenvalue weighted by atomic mass is 10.2. The van der Waals surface area contributed by atoms with Crippen LogP contribution in [0.3, 0.4) is 0 Å². The molecule has 4 aromatic rings. The monoisotopic (exact) mass is 408 g/mol. The number of carbonyl (C=O) groups excluding carboxylic acids is 1. The lowest BCUT2D eigenvalue weighted by molar-refractivity contribution is -0.115. The van der Waals surface area contributed by atoms with Crippen LogP contribution in [0.2, 0.25) is 0 Å². The third kappa shape index (κ3) is 4.66. The van der Waals surface area contributed by atoms with Gasteiger partial charge in [-0.25, -0.2) is 0 Å². The van der Waals surface area contributed by atoms with Crippen molar-refractivity contribution in [3.63, 3.8) is 0 Å². The maximum absolute atomic E-state index is 11.4. The number of rotatable bonds is 7. The number of carbonyl (C=O) groups is 1. The fourth-order valence-electron chi connectivity index (χ4n) is 2.39. The molecular formula is C19H16N6O3S. The molecule has 1 aromatic carbocycles. The third-order valence-corrected chi connectivity index (χ3v) is 4.67. The Kier molecular flexibility index (Phi) is 5.61. The van der Waals surface area contributed by atoms with Crippen molar-refractivity contribution in [3.05, 3.63) is 54.7 Å². The SMILES string of the molecule is CCC(=O)Nc1ccc(-c2noc(CSc3nnc(-c4ccncc4)o3)n2)cc1. The molecule has 1 amide bonds. The molecule has 0 fully saturated rings. The maximum atomic E-state index is 11.4. The summed E-state index contributed by atoms with van der Waals surface area (Å²) in [5.41, 5.74) is 2.32. The van der Waals surface area contributed by atoms with Gasteiger partial charge in [0.1, 0.15) is 0 Å². The van der Waals surface area contributed by atoms with Gasteiger partial charge in [-0.2, -0.15) is 4.98 Å². The van der Waals surface area contributed by atoms with Gasteiger partial charge >= 0.3 is 0 Å². The molecule has 0 aliphatic carbocycles. The van der Waals surface area contributed by atoms with Crippen molar-refractivity contribution in [2.24, 2.45) is 0 Å². The van der Waals surface area contributed by atoms with E-state index in [4.69, 9.17) is 8.94 Å². The number of hydrogen-bond acceptors (Lipinski definition) is 9. The number of hydrogen-bond donors (Lipinski definition) is 1. The van der Waals surface area contributed by atoms with Gasteiger partial charge in [0.25, 0.3) is 5.22 Å². The average molecular weight is 408 g/mol. The first-order chi connectivity index (χ1) is 14.2. The molecule has 146 valence electrons. The molecule has 3 heterocycles. The van der Waals surface area contributed by atoms with E-state index >= 15 is 0 Å². The molecule has 0 aliphatic rings. The van der Waals surface area contributed by atoms with Crippen molar-refractivity contribution in [1.82, 2.24) is 25.3 Å². The lowest BCUT2D eigenvalue weighted by Gasteiger charge is -2.03. The van der Waals surface area contributed by atoms with E-state index in [2.05, 4.69) is 30.6 Å². The summed E-state index contributed by atoms with van der Waals surface area (Å²) < 4.78 is 10.9. The van der Waals surface area contributed by atoms with Crippen LogP contribution in [-0.4, -0.2) is 31.2 Å². The molecule has 0 saturated carbocycles. The van der Waals surface area contributed by atoms with Gasteiger partial charge in [0, 0.05) is 35.6 Å². The summed E-state index contributed by atoms with van der Waals surface area (Å²) in [5, 5.41) is 15.2. The Balaban J connectivity index is 1.37. The molecule has 4 rings (SSSR count). The zero-order valence-corrected chi connectivity index (χ0v) is 16.2. The molecule has 0 bridgehead atoms. The highest BCUT2D eigenvalue weighted by Crippen LogP contribution is 2.26. The Bertz CT molecular complexity index is 1090. The summed E-state index contributed by atoms with van der Waals surface area (Å²) in [6.07, 6.45) is 3.75. The number of nitrogens with zero attached hydrogens (tertiary/aromatic N) is 5. The van der Waals surface area contributed by atoms with Gasteiger partial charge in [0.2, 0.25) is 23.5 Å². The van der Waals surface area contributed by atoms with Crippen LogP contribution in [0.25, 0.3) is 22.8 Å². The Labute approximate surface area is 170 Å². The molecule has 10 heteroatoms. The van der Waals surface area contributed by atoms with Crippen LogP contribution in [-0.2, 0) is 10.5 Å². The van der Waals surface area contributed by atoms with E-state index in [0.29, 0.717) is 35.0 Å². The number of thioether (sulfide) groups is 1. The molecule has 0 radical (unpaired) electrons. The number of anilines is 1. The highest BCUT2D eigenvalue weighted by molar-refractivity contribution is 7.98. The fraction of sp³-hybridized carbons (Fsp3) is 0.158. The van der Waals surface area contributed by atoms with Crippen molar-refractivity contribution in [2.45, 2.75) is 24.3 Å². The van der Waals surface area contributed by atoms with E-state index in [0.717, 1.165) is 16.8 Å². The van der Waals surface area contributed by atoms with E-state index in [1.165, 1.54) is 11.8 Å². The molecule has 1 N–H and O–H groups in total. The molecule has 29 heavy (non-hydrogen) atoms. The van der Waals surface area contributed by atoms with Gasteiger partial charge in [-0.1, -0.05) is 23.8 Å². The standard InChI is InChI=1S/C19H16N6O3S/c1-2-15(26)21-14-5-3-12(4-6-14)17-22-16(28-25-17)11-29-19-24-23-18(27-19)13-7-9-20-10-8-13/h3-10H,2,11H2,1H3,(H,21,26). The minimum absolute atomic E-state index is 0.0373. The minimum Gasteiger partial charge on any atom is -0.411 e. The van der Waals surface area contributed by atoms with Crippen LogP contribution >= 0.6 is 11.8 Å². The van der Waals surface area contributed by atoms with Crippen LogP contribution in [0, 0.1) is 0 Å². The topological polar surface area (TPSA) is 120 Å². The first-order valence-corrected chi connectivity index (χ1v) is 9.79. The maximum Gasteiger partial charge on any atom is 0.277 e. The fourth-order valence-corrected chi connectivity index (χ4v) is 2.99. The van der Waals surface area contributed by atoms with Crippen molar-refractivity contribution in [3.8, 4) is 22.8 Å². The van der Waals surface area contributed by atoms with Crippen LogP contribution in [0.4, 0.5) is 5.69 Å². The second-order valence-electron chi connectivity index (χ2n) is 5.89. The third-order valence-electron chi connectivity index (χ3n) is 3.87. The first-order valence-electron chi connectivity index (χ1n) is 8.81. The van der Waals surface area contributed by atoms with E-state index in [9.17, 15) is 4.79 Å². The molecule has 0 saturated heterocycles. The van der Waals surface area contributed by atoms with Crippen LogP contribution in [0.1, 0.15) is 19.2 Å². The Hall–Kier alpha value is -3.53. The van der Waals surface area contributed by atoms with Crippen molar-refractivity contribution < 1.29 is 13.7 Å². The molecular weight excluding hydrogens is 392 g/mol. The van der Waals surface area contributed by atoms with Gasteiger partial charge < -0.3 is 14.3 Å². The summed E-state index contributed by atoms with van der Waals surface area (Å²) in [5.74, 6) is 1.70. The Morgan fingerprint density at radius 3 is 2.62 bits per heavy atom. The predicted molar refractivity (Wildman–Crippen MR) is 106 cm³/mol. The minimum atomic E-state index is -0.0373. The molecule has 0 spiro atoms. The smallest absolute Gasteiger partial charge is 0.277 e. The van der Waals surface area contributed by atoms with Gasteiger partial charge in [0.15, 0.2) is 0 Å². The van der Waals surface area contributed by atoms with E-state index in [1.807, 2.05) is 12.1 Å². The van der Waals surface area contributed by atoms with E-state index in [-0.39, 0.29) is 5.91 Å². The molecule has 0 atom stereocenters. The zero-order chi connectivity index (χ0) is 20.1. The van der Waals surface area contributed by atoms with Gasteiger partial charge in [0.05, 0.1) is 5.75 Å². The van der Waals surface area contributed by atoms with Crippen molar-refractivity contribution in [1.29, 1.82) is 0 Å². The van der Waals surface area contributed by atoms with Gasteiger partial charge in [-0.15, -0.1) is 10.2 Å². The van der Waals surface area contributed by atoms with Crippen LogP contribution in [0.15, 0.2) is 63.0 Å². The first kappa shape index (κ1) is 18.8. The van der Waals surface area contributed by atoms with Gasteiger partial charge in [-0.3, -0.25) is 9.78 Å².